The van der Waals surface area contributed by atoms with Gasteiger partial charge in [0, 0.05) is 25.9 Å². The van der Waals surface area contributed by atoms with Crippen LogP contribution in [0.15, 0.2) is 72.8 Å². The smallest absolute Gasteiger partial charge is 0.220 e. The van der Waals surface area contributed by atoms with E-state index < -0.39 is 0 Å². The summed E-state index contributed by atoms with van der Waals surface area (Å²) in [6.07, 6.45) is 3.87. The van der Waals surface area contributed by atoms with Crippen molar-refractivity contribution in [3.8, 4) is 5.75 Å². The Hall–Kier alpha value is -3.60. The van der Waals surface area contributed by atoms with Crippen molar-refractivity contribution in [2.45, 2.75) is 52.5 Å². The van der Waals surface area contributed by atoms with Gasteiger partial charge in [0.05, 0.1) is 17.6 Å². The van der Waals surface area contributed by atoms with Crippen LogP contribution in [0.3, 0.4) is 0 Å². The Kier molecular flexibility index (Phi) is 8.55. The number of aryl methyl sites for hydroxylation is 5. The zero-order chi connectivity index (χ0) is 24.5. The van der Waals surface area contributed by atoms with Gasteiger partial charge in [0.25, 0.3) is 0 Å². The number of nitrogens with zero attached hydrogens (tertiary/aromatic N) is 2. The molecule has 4 aromatic rings. The number of nitrogens with one attached hydrogen (secondary N) is 1. The molecule has 1 N–H and O–H groups in total. The Morgan fingerprint density at radius 1 is 0.886 bits per heavy atom. The average Bonchev–Trinajstić information content (AvgIpc) is 3.22. The van der Waals surface area contributed by atoms with Crippen molar-refractivity contribution in [1.82, 2.24) is 14.9 Å². The number of para-hydroxylation sites is 3. The number of ether oxygens (including phenoxy) is 1. The molecule has 0 aliphatic rings. The van der Waals surface area contributed by atoms with Gasteiger partial charge in [-0.3, -0.25) is 4.79 Å². The molecule has 0 radical (unpaired) electrons. The number of aromatic nitrogens is 2. The van der Waals surface area contributed by atoms with E-state index in [1.807, 2.05) is 24.3 Å². The maximum absolute atomic E-state index is 12.2. The number of fused-ring (bicyclic) bond motifs is 1. The van der Waals surface area contributed by atoms with E-state index in [4.69, 9.17) is 9.72 Å². The highest BCUT2D eigenvalue weighted by Gasteiger charge is 2.11. The van der Waals surface area contributed by atoms with Crippen molar-refractivity contribution >= 4 is 16.9 Å². The summed E-state index contributed by atoms with van der Waals surface area (Å²) in [7, 11) is 0. The molecule has 1 heterocycles. The standard InChI is InChI=1S/C30H35N3O2/c1-23-11-8-12-24(2)30(23)35-22-10-21-33-27-16-7-6-15-26(27)32-28(33)17-9-20-31-29(34)19-18-25-13-4-3-5-14-25/h3-8,11-16H,9-10,17-22H2,1-2H3,(H,31,34). The minimum absolute atomic E-state index is 0.103. The molecule has 0 aliphatic carbocycles. The predicted molar refractivity (Wildman–Crippen MR) is 142 cm³/mol. The first-order chi connectivity index (χ1) is 17.1. The molecule has 0 spiro atoms. The third-order valence-electron chi connectivity index (χ3n) is 6.30. The lowest BCUT2D eigenvalue weighted by Crippen LogP contribution is -2.25. The summed E-state index contributed by atoms with van der Waals surface area (Å²) in [6.45, 7) is 6.35. The molecule has 0 saturated carbocycles. The summed E-state index contributed by atoms with van der Waals surface area (Å²) in [5, 5.41) is 3.06. The summed E-state index contributed by atoms with van der Waals surface area (Å²) >= 11 is 0. The second-order valence-electron chi connectivity index (χ2n) is 9.03. The second kappa shape index (κ2) is 12.2. The third kappa shape index (κ3) is 6.72. The molecule has 0 fully saturated rings. The number of amides is 1. The number of carbonyl (C=O) groups is 1. The first kappa shape index (κ1) is 24.5. The molecule has 0 unspecified atom stereocenters. The lowest BCUT2D eigenvalue weighted by atomic mass is 10.1. The van der Waals surface area contributed by atoms with Crippen molar-refractivity contribution in [2.24, 2.45) is 0 Å². The Morgan fingerprint density at radius 3 is 2.43 bits per heavy atom. The molecule has 0 bridgehead atoms. The predicted octanol–water partition coefficient (Wildman–Crippen LogP) is 5.80. The van der Waals surface area contributed by atoms with E-state index in [-0.39, 0.29) is 5.91 Å². The number of rotatable bonds is 12. The number of hydrogen-bond donors (Lipinski definition) is 1. The number of imidazole rings is 1. The molecule has 4 rings (SSSR count). The Balaban J connectivity index is 1.28. The first-order valence-corrected chi connectivity index (χ1v) is 12.6. The summed E-state index contributed by atoms with van der Waals surface area (Å²) < 4.78 is 8.42. The lowest BCUT2D eigenvalue weighted by Gasteiger charge is -2.13. The monoisotopic (exact) mass is 469 g/mol. The minimum atomic E-state index is 0.103. The molecule has 35 heavy (non-hydrogen) atoms. The fraction of sp³-hybridized carbons (Fsp3) is 0.333. The van der Waals surface area contributed by atoms with E-state index in [0.29, 0.717) is 19.6 Å². The fourth-order valence-corrected chi connectivity index (χ4v) is 4.45. The van der Waals surface area contributed by atoms with E-state index in [1.165, 1.54) is 16.7 Å². The highest BCUT2D eigenvalue weighted by Crippen LogP contribution is 2.23. The van der Waals surface area contributed by atoms with E-state index >= 15 is 0 Å². The highest BCUT2D eigenvalue weighted by molar-refractivity contribution is 5.76. The fourth-order valence-electron chi connectivity index (χ4n) is 4.45. The molecule has 5 nitrogen and oxygen atoms in total. The van der Waals surface area contributed by atoms with Gasteiger partial charge in [0.1, 0.15) is 11.6 Å². The molecule has 0 aliphatic heterocycles. The van der Waals surface area contributed by atoms with Gasteiger partial charge in [0.2, 0.25) is 5.91 Å². The first-order valence-electron chi connectivity index (χ1n) is 12.6. The number of benzene rings is 3. The molecule has 1 amide bonds. The Bertz CT molecular complexity index is 1230. The van der Waals surface area contributed by atoms with Crippen LogP contribution in [-0.2, 0) is 24.2 Å². The van der Waals surface area contributed by atoms with Gasteiger partial charge in [-0.2, -0.15) is 0 Å². The van der Waals surface area contributed by atoms with E-state index in [0.717, 1.165) is 54.8 Å². The van der Waals surface area contributed by atoms with Gasteiger partial charge < -0.3 is 14.6 Å². The summed E-state index contributed by atoms with van der Waals surface area (Å²) in [4.78, 5) is 17.1. The van der Waals surface area contributed by atoms with Crippen LogP contribution in [0, 0.1) is 13.8 Å². The van der Waals surface area contributed by atoms with Gasteiger partial charge in [-0.1, -0.05) is 60.7 Å². The third-order valence-corrected chi connectivity index (χ3v) is 6.30. The van der Waals surface area contributed by atoms with Crippen molar-refractivity contribution in [1.29, 1.82) is 0 Å². The zero-order valence-electron chi connectivity index (χ0n) is 20.8. The zero-order valence-corrected chi connectivity index (χ0v) is 20.8. The maximum atomic E-state index is 12.2. The molecular formula is C30H35N3O2. The van der Waals surface area contributed by atoms with Crippen LogP contribution >= 0.6 is 0 Å². The summed E-state index contributed by atoms with van der Waals surface area (Å²) in [5.41, 5.74) is 5.71. The normalized spacial score (nSPS) is 11.0. The molecule has 0 saturated heterocycles. The van der Waals surface area contributed by atoms with Gasteiger partial charge >= 0.3 is 0 Å². The SMILES string of the molecule is Cc1cccc(C)c1OCCCn1c(CCCNC(=O)CCc2ccccc2)nc2ccccc21. The molecule has 1 aromatic heterocycles. The lowest BCUT2D eigenvalue weighted by molar-refractivity contribution is -0.121. The molecule has 5 heteroatoms. The van der Waals surface area contributed by atoms with Crippen LogP contribution in [-0.4, -0.2) is 28.6 Å². The topological polar surface area (TPSA) is 56.1 Å². The number of hydrogen-bond acceptors (Lipinski definition) is 3. The number of carbonyl (C=O) groups excluding carboxylic acids is 1. The van der Waals surface area contributed by atoms with Gasteiger partial charge in [0.15, 0.2) is 0 Å². The van der Waals surface area contributed by atoms with Crippen molar-refractivity contribution in [3.05, 3.63) is 95.3 Å². The van der Waals surface area contributed by atoms with Crippen LogP contribution < -0.4 is 10.1 Å². The van der Waals surface area contributed by atoms with Crippen LogP contribution in [0.25, 0.3) is 11.0 Å². The largest absolute Gasteiger partial charge is 0.493 e. The van der Waals surface area contributed by atoms with E-state index in [9.17, 15) is 4.79 Å². The molecule has 3 aromatic carbocycles. The van der Waals surface area contributed by atoms with E-state index in [1.54, 1.807) is 0 Å². The highest BCUT2D eigenvalue weighted by atomic mass is 16.5. The van der Waals surface area contributed by atoms with Crippen molar-refractivity contribution in [2.75, 3.05) is 13.2 Å². The van der Waals surface area contributed by atoms with Crippen LogP contribution in [0.5, 0.6) is 5.75 Å². The maximum Gasteiger partial charge on any atom is 0.220 e. The molecule has 182 valence electrons. The van der Waals surface area contributed by atoms with E-state index in [2.05, 4.69) is 72.3 Å². The summed E-state index contributed by atoms with van der Waals surface area (Å²) in [6, 6.07) is 24.7. The molecular weight excluding hydrogens is 434 g/mol. The van der Waals surface area contributed by atoms with Crippen LogP contribution in [0.4, 0.5) is 0 Å². The van der Waals surface area contributed by atoms with Gasteiger partial charge in [-0.15, -0.1) is 0 Å². The summed E-state index contributed by atoms with van der Waals surface area (Å²) in [5.74, 6) is 2.16. The van der Waals surface area contributed by atoms with Gasteiger partial charge in [-0.05, 0) is 61.9 Å². The molecule has 0 atom stereocenters. The van der Waals surface area contributed by atoms with Crippen LogP contribution in [0.1, 0.15) is 41.8 Å². The Labute approximate surface area is 208 Å². The Morgan fingerprint density at radius 2 is 1.63 bits per heavy atom. The second-order valence-corrected chi connectivity index (χ2v) is 9.03. The van der Waals surface area contributed by atoms with Crippen LogP contribution in [0.2, 0.25) is 0 Å². The minimum Gasteiger partial charge on any atom is -0.493 e. The van der Waals surface area contributed by atoms with Gasteiger partial charge in [-0.25, -0.2) is 4.98 Å². The van der Waals surface area contributed by atoms with Crippen molar-refractivity contribution in [3.63, 3.8) is 0 Å². The van der Waals surface area contributed by atoms with Crippen molar-refractivity contribution < 1.29 is 9.53 Å². The average molecular weight is 470 g/mol. The quantitative estimate of drug-likeness (QED) is 0.267.